The number of rotatable bonds is 9. The van der Waals surface area contributed by atoms with Crippen molar-refractivity contribution in [1.82, 2.24) is 15.7 Å². The Hall–Kier alpha value is -1.96. The number of carbonyl (C=O) groups is 4. The summed E-state index contributed by atoms with van der Waals surface area (Å²) >= 11 is 0. The van der Waals surface area contributed by atoms with E-state index in [2.05, 4.69) is 10.6 Å². The standard InChI is InChI=1S/C22H37N3O5/c1-22(2,3)18(21(29)24-19(27)16-10-6-7-11-16)23-20(28)17(13-25(30)14-26)12-15-8-4-5-9-15/h14-18,30H,4-13H2,1-3H3,(H,23,28)(H,24,27,29)/t17?,18-/m1/s1. The molecule has 2 aliphatic carbocycles. The van der Waals surface area contributed by atoms with Crippen molar-refractivity contribution in [1.29, 1.82) is 0 Å². The molecule has 2 rings (SSSR count). The van der Waals surface area contributed by atoms with Crippen LogP contribution in [-0.4, -0.2) is 47.0 Å². The van der Waals surface area contributed by atoms with Gasteiger partial charge < -0.3 is 5.32 Å². The predicted molar refractivity (Wildman–Crippen MR) is 111 cm³/mol. The van der Waals surface area contributed by atoms with E-state index in [-0.39, 0.29) is 30.7 Å². The first kappa shape index (κ1) is 24.3. The number of carbonyl (C=O) groups excluding carboxylic acids is 4. The first-order valence-corrected chi connectivity index (χ1v) is 11.2. The van der Waals surface area contributed by atoms with Crippen molar-refractivity contribution in [3.8, 4) is 0 Å². The summed E-state index contributed by atoms with van der Waals surface area (Å²) in [7, 11) is 0. The van der Waals surface area contributed by atoms with Gasteiger partial charge in [0.1, 0.15) is 6.04 Å². The molecule has 0 saturated heterocycles. The molecular weight excluding hydrogens is 386 g/mol. The normalized spacial score (nSPS) is 19.9. The van der Waals surface area contributed by atoms with Crippen molar-refractivity contribution in [2.75, 3.05) is 6.54 Å². The Kier molecular flexibility index (Phi) is 8.82. The minimum atomic E-state index is -0.898. The minimum absolute atomic E-state index is 0.120. The van der Waals surface area contributed by atoms with E-state index in [9.17, 15) is 24.4 Å². The molecule has 2 atom stereocenters. The Bertz CT molecular complexity index is 619. The molecule has 0 radical (unpaired) electrons. The number of imide groups is 1. The van der Waals surface area contributed by atoms with E-state index in [1.165, 1.54) is 0 Å². The van der Waals surface area contributed by atoms with Gasteiger partial charge in [-0.25, -0.2) is 5.06 Å². The van der Waals surface area contributed by atoms with Crippen molar-refractivity contribution in [2.24, 2.45) is 23.2 Å². The van der Waals surface area contributed by atoms with Crippen LogP contribution in [0.3, 0.4) is 0 Å². The molecule has 4 amide bonds. The van der Waals surface area contributed by atoms with E-state index in [1.54, 1.807) is 0 Å². The summed E-state index contributed by atoms with van der Waals surface area (Å²) in [6.45, 7) is 5.36. The lowest BCUT2D eigenvalue weighted by atomic mass is 9.85. The van der Waals surface area contributed by atoms with Crippen LogP contribution in [0.25, 0.3) is 0 Å². The molecule has 2 fully saturated rings. The average Bonchev–Trinajstić information content (AvgIpc) is 3.37. The Labute approximate surface area is 179 Å². The zero-order valence-electron chi connectivity index (χ0n) is 18.5. The van der Waals surface area contributed by atoms with Crippen molar-refractivity contribution < 1.29 is 24.4 Å². The molecule has 0 aromatic carbocycles. The van der Waals surface area contributed by atoms with Gasteiger partial charge in [0.2, 0.25) is 24.1 Å². The zero-order chi connectivity index (χ0) is 22.3. The highest BCUT2D eigenvalue weighted by atomic mass is 16.5. The molecule has 8 heteroatoms. The molecule has 170 valence electrons. The molecule has 2 aliphatic rings. The van der Waals surface area contributed by atoms with Gasteiger partial charge in [0.25, 0.3) is 0 Å². The van der Waals surface area contributed by atoms with Crippen LogP contribution in [0.15, 0.2) is 0 Å². The fraction of sp³-hybridized carbons (Fsp3) is 0.818. The highest BCUT2D eigenvalue weighted by Gasteiger charge is 2.37. The Morgan fingerprint density at radius 1 is 1.03 bits per heavy atom. The maximum absolute atomic E-state index is 13.1. The molecule has 0 spiro atoms. The summed E-state index contributed by atoms with van der Waals surface area (Å²) in [5.74, 6) is -1.56. The van der Waals surface area contributed by atoms with Crippen LogP contribution in [0.2, 0.25) is 0 Å². The second-order valence-electron chi connectivity index (χ2n) is 9.95. The SMILES string of the molecule is CC(C)(C)[C@H](NC(=O)C(CC1CCCC1)CN(O)C=O)C(=O)NC(=O)C1CCCC1. The number of hydrogen-bond donors (Lipinski definition) is 3. The van der Waals surface area contributed by atoms with Crippen LogP contribution < -0.4 is 10.6 Å². The van der Waals surface area contributed by atoms with Gasteiger partial charge in [-0.3, -0.25) is 29.7 Å². The maximum Gasteiger partial charge on any atom is 0.249 e. The van der Waals surface area contributed by atoms with Crippen LogP contribution >= 0.6 is 0 Å². The molecule has 0 aromatic rings. The second-order valence-corrected chi connectivity index (χ2v) is 9.95. The monoisotopic (exact) mass is 423 g/mol. The molecule has 0 bridgehead atoms. The lowest BCUT2D eigenvalue weighted by Gasteiger charge is -2.32. The smallest absolute Gasteiger partial charge is 0.249 e. The van der Waals surface area contributed by atoms with E-state index in [0.29, 0.717) is 17.4 Å². The molecule has 8 nitrogen and oxygen atoms in total. The summed E-state index contributed by atoms with van der Waals surface area (Å²) in [6.07, 6.45) is 8.66. The van der Waals surface area contributed by atoms with E-state index >= 15 is 0 Å². The molecule has 0 aliphatic heterocycles. The molecule has 2 saturated carbocycles. The van der Waals surface area contributed by atoms with E-state index < -0.39 is 23.3 Å². The fourth-order valence-corrected chi connectivity index (χ4v) is 4.60. The first-order chi connectivity index (χ1) is 14.1. The highest BCUT2D eigenvalue weighted by Crippen LogP contribution is 2.31. The summed E-state index contributed by atoms with van der Waals surface area (Å²) in [6, 6.07) is -0.898. The van der Waals surface area contributed by atoms with Gasteiger partial charge in [-0.2, -0.15) is 0 Å². The van der Waals surface area contributed by atoms with Gasteiger partial charge in [0, 0.05) is 5.92 Å². The largest absolute Gasteiger partial charge is 0.343 e. The molecular formula is C22H37N3O5. The third kappa shape index (κ3) is 7.07. The Morgan fingerprint density at radius 2 is 1.60 bits per heavy atom. The van der Waals surface area contributed by atoms with Crippen LogP contribution in [0.1, 0.15) is 78.6 Å². The third-order valence-electron chi connectivity index (χ3n) is 6.38. The lowest BCUT2D eigenvalue weighted by molar-refractivity contribution is -0.155. The zero-order valence-corrected chi connectivity index (χ0v) is 18.5. The summed E-state index contributed by atoms with van der Waals surface area (Å²) in [4.78, 5) is 49.2. The number of nitrogens with one attached hydrogen (secondary N) is 2. The third-order valence-corrected chi connectivity index (χ3v) is 6.38. The minimum Gasteiger partial charge on any atom is -0.343 e. The Morgan fingerprint density at radius 3 is 2.13 bits per heavy atom. The number of hydrogen-bond acceptors (Lipinski definition) is 5. The second kappa shape index (κ2) is 10.9. The van der Waals surface area contributed by atoms with Crippen LogP contribution in [0, 0.1) is 23.2 Å². The van der Waals surface area contributed by atoms with E-state index in [4.69, 9.17) is 0 Å². The van der Waals surface area contributed by atoms with E-state index in [1.807, 2.05) is 20.8 Å². The van der Waals surface area contributed by atoms with Crippen molar-refractivity contribution in [3.05, 3.63) is 0 Å². The summed E-state index contributed by atoms with van der Waals surface area (Å²) in [5, 5.41) is 15.4. The van der Waals surface area contributed by atoms with Crippen molar-refractivity contribution >= 4 is 24.1 Å². The molecule has 3 N–H and O–H groups in total. The topological polar surface area (TPSA) is 116 Å². The van der Waals surface area contributed by atoms with Crippen LogP contribution in [-0.2, 0) is 19.2 Å². The average molecular weight is 424 g/mol. The van der Waals surface area contributed by atoms with Gasteiger partial charge >= 0.3 is 0 Å². The Balaban J connectivity index is 2.06. The van der Waals surface area contributed by atoms with Crippen molar-refractivity contribution in [3.63, 3.8) is 0 Å². The number of amides is 4. The van der Waals surface area contributed by atoms with Gasteiger partial charge in [0.15, 0.2) is 0 Å². The van der Waals surface area contributed by atoms with Crippen molar-refractivity contribution in [2.45, 2.75) is 84.6 Å². The van der Waals surface area contributed by atoms with Crippen LogP contribution in [0.4, 0.5) is 0 Å². The molecule has 0 aromatic heterocycles. The molecule has 1 unspecified atom stereocenters. The highest BCUT2D eigenvalue weighted by molar-refractivity contribution is 6.00. The van der Waals surface area contributed by atoms with Gasteiger partial charge in [0.05, 0.1) is 12.5 Å². The lowest BCUT2D eigenvalue weighted by Crippen LogP contribution is -2.57. The molecule has 0 heterocycles. The fourth-order valence-electron chi connectivity index (χ4n) is 4.60. The predicted octanol–water partition coefficient (Wildman–Crippen LogP) is 2.39. The first-order valence-electron chi connectivity index (χ1n) is 11.2. The number of hydroxylamine groups is 2. The summed E-state index contributed by atoms with van der Waals surface area (Å²) < 4.78 is 0. The maximum atomic E-state index is 13.1. The van der Waals surface area contributed by atoms with Gasteiger partial charge in [-0.05, 0) is 30.6 Å². The molecule has 30 heavy (non-hydrogen) atoms. The number of nitrogens with zero attached hydrogens (tertiary/aromatic N) is 1. The van der Waals surface area contributed by atoms with E-state index in [0.717, 1.165) is 51.4 Å². The van der Waals surface area contributed by atoms with Gasteiger partial charge in [-0.1, -0.05) is 59.3 Å². The quantitative estimate of drug-likeness (QED) is 0.299. The summed E-state index contributed by atoms with van der Waals surface area (Å²) in [5.41, 5.74) is -0.614. The van der Waals surface area contributed by atoms with Crippen LogP contribution in [0.5, 0.6) is 0 Å². The van der Waals surface area contributed by atoms with Gasteiger partial charge in [-0.15, -0.1) is 0 Å².